The third kappa shape index (κ3) is 3.18. The highest BCUT2D eigenvalue weighted by Crippen LogP contribution is 2.07. The van der Waals surface area contributed by atoms with Crippen LogP contribution in [0.3, 0.4) is 0 Å². The quantitative estimate of drug-likeness (QED) is 0.788. The molecule has 4 nitrogen and oxygen atoms in total. The highest BCUT2D eigenvalue weighted by atomic mass is 16.5. The molecular formula is C12H19N3O. The van der Waals surface area contributed by atoms with E-state index < -0.39 is 0 Å². The van der Waals surface area contributed by atoms with Gasteiger partial charge in [-0.05, 0) is 25.5 Å². The minimum atomic E-state index is 0.420. The third-order valence-corrected chi connectivity index (χ3v) is 2.49. The minimum Gasteiger partial charge on any atom is -0.378 e. The molecule has 1 aliphatic heterocycles. The number of ether oxygens (including phenoxy) is 1. The zero-order valence-corrected chi connectivity index (χ0v) is 9.86. The second-order valence-corrected chi connectivity index (χ2v) is 4.47. The fraction of sp³-hybridized carbons (Fsp3) is 0.583. The Bertz CT molecular complexity index is 320. The van der Waals surface area contributed by atoms with Gasteiger partial charge in [-0.1, -0.05) is 6.07 Å². The van der Waals surface area contributed by atoms with Gasteiger partial charge in [0, 0.05) is 18.8 Å². The summed E-state index contributed by atoms with van der Waals surface area (Å²) < 4.78 is 5.10. The summed E-state index contributed by atoms with van der Waals surface area (Å²) in [7, 11) is 0. The SMILES string of the molecule is CC(C)Nc1ccc(CNC2COC2)cn1. The molecule has 1 aromatic heterocycles. The van der Waals surface area contributed by atoms with Gasteiger partial charge in [-0.25, -0.2) is 4.98 Å². The van der Waals surface area contributed by atoms with Gasteiger partial charge >= 0.3 is 0 Å². The molecule has 2 N–H and O–H groups in total. The Labute approximate surface area is 96.4 Å². The smallest absolute Gasteiger partial charge is 0.126 e. The fourth-order valence-corrected chi connectivity index (χ4v) is 1.53. The molecule has 1 aromatic rings. The molecule has 1 aliphatic rings. The normalized spacial score (nSPS) is 16.2. The number of hydrogen-bond donors (Lipinski definition) is 2. The van der Waals surface area contributed by atoms with Crippen molar-refractivity contribution in [1.29, 1.82) is 0 Å². The van der Waals surface area contributed by atoms with Crippen molar-refractivity contribution in [2.45, 2.75) is 32.5 Å². The molecule has 0 unspecified atom stereocenters. The van der Waals surface area contributed by atoms with Crippen LogP contribution in [-0.2, 0) is 11.3 Å². The van der Waals surface area contributed by atoms with Crippen LogP contribution >= 0.6 is 0 Å². The van der Waals surface area contributed by atoms with Crippen molar-refractivity contribution in [3.63, 3.8) is 0 Å². The zero-order chi connectivity index (χ0) is 11.4. The maximum absolute atomic E-state index is 5.10. The summed E-state index contributed by atoms with van der Waals surface area (Å²) in [5, 5.41) is 6.68. The number of rotatable bonds is 5. The molecule has 0 radical (unpaired) electrons. The lowest BCUT2D eigenvalue weighted by Crippen LogP contribution is -2.45. The van der Waals surface area contributed by atoms with E-state index >= 15 is 0 Å². The molecule has 2 rings (SSSR count). The molecule has 4 heteroatoms. The lowest BCUT2D eigenvalue weighted by Gasteiger charge is -2.26. The zero-order valence-electron chi connectivity index (χ0n) is 9.86. The van der Waals surface area contributed by atoms with Crippen LogP contribution in [0, 0.1) is 0 Å². The van der Waals surface area contributed by atoms with E-state index in [2.05, 4.69) is 35.5 Å². The van der Waals surface area contributed by atoms with Crippen molar-refractivity contribution in [3.8, 4) is 0 Å². The maximum atomic E-state index is 5.10. The highest BCUT2D eigenvalue weighted by Gasteiger charge is 2.16. The maximum Gasteiger partial charge on any atom is 0.126 e. The summed E-state index contributed by atoms with van der Waals surface area (Å²) in [5.74, 6) is 0.936. The van der Waals surface area contributed by atoms with Gasteiger partial charge in [-0.2, -0.15) is 0 Å². The molecule has 1 saturated heterocycles. The monoisotopic (exact) mass is 221 g/mol. The fourth-order valence-electron chi connectivity index (χ4n) is 1.53. The number of aromatic nitrogens is 1. The summed E-state index contributed by atoms with van der Waals surface area (Å²) >= 11 is 0. The Hall–Kier alpha value is -1.13. The second-order valence-electron chi connectivity index (χ2n) is 4.47. The molecular weight excluding hydrogens is 202 g/mol. The van der Waals surface area contributed by atoms with Crippen molar-refractivity contribution >= 4 is 5.82 Å². The van der Waals surface area contributed by atoms with E-state index in [9.17, 15) is 0 Å². The molecule has 0 saturated carbocycles. The van der Waals surface area contributed by atoms with Crippen molar-refractivity contribution in [2.24, 2.45) is 0 Å². The number of pyridine rings is 1. The second kappa shape index (κ2) is 5.27. The predicted molar refractivity (Wildman–Crippen MR) is 64.4 cm³/mol. The Morgan fingerprint density at radius 2 is 2.25 bits per heavy atom. The average molecular weight is 221 g/mol. The van der Waals surface area contributed by atoms with Gasteiger partial charge in [0.1, 0.15) is 5.82 Å². The van der Waals surface area contributed by atoms with Crippen molar-refractivity contribution in [2.75, 3.05) is 18.5 Å². The summed E-state index contributed by atoms with van der Waals surface area (Å²) in [6, 6.07) is 5.07. The third-order valence-electron chi connectivity index (χ3n) is 2.49. The Morgan fingerprint density at radius 3 is 2.75 bits per heavy atom. The van der Waals surface area contributed by atoms with E-state index in [0.29, 0.717) is 12.1 Å². The molecule has 0 amide bonds. The van der Waals surface area contributed by atoms with Gasteiger partial charge in [0.15, 0.2) is 0 Å². The number of nitrogens with zero attached hydrogens (tertiary/aromatic N) is 1. The molecule has 0 bridgehead atoms. The van der Waals surface area contributed by atoms with E-state index in [1.54, 1.807) is 0 Å². The van der Waals surface area contributed by atoms with E-state index in [0.717, 1.165) is 25.6 Å². The minimum absolute atomic E-state index is 0.420. The van der Waals surface area contributed by atoms with Crippen LogP contribution in [0.1, 0.15) is 19.4 Å². The molecule has 1 fully saturated rings. The summed E-state index contributed by atoms with van der Waals surface area (Å²) in [5.41, 5.74) is 1.21. The summed E-state index contributed by atoms with van der Waals surface area (Å²) in [6.07, 6.45) is 1.91. The molecule has 0 aromatic carbocycles. The Kier molecular flexibility index (Phi) is 3.74. The molecule has 0 spiro atoms. The first-order valence-electron chi connectivity index (χ1n) is 5.76. The first-order valence-corrected chi connectivity index (χ1v) is 5.76. The first kappa shape index (κ1) is 11.4. The lowest BCUT2D eigenvalue weighted by atomic mass is 10.2. The topological polar surface area (TPSA) is 46.2 Å². The number of nitrogens with one attached hydrogen (secondary N) is 2. The van der Waals surface area contributed by atoms with Crippen LogP contribution < -0.4 is 10.6 Å². The van der Waals surface area contributed by atoms with E-state index in [1.807, 2.05) is 12.3 Å². The van der Waals surface area contributed by atoms with Crippen LogP contribution in [0.2, 0.25) is 0 Å². The lowest BCUT2D eigenvalue weighted by molar-refractivity contribution is -0.00579. The molecule has 0 atom stereocenters. The largest absolute Gasteiger partial charge is 0.378 e. The average Bonchev–Trinajstić information content (AvgIpc) is 2.17. The van der Waals surface area contributed by atoms with Gasteiger partial charge in [-0.15, -0.1) is 0 Å². The summed E-state index contributed by atoms with van der Waals surface area (Å²) in [4.78, 5) is 4.36. The van der Waals surface area contributed by atoms with Crippen molar-refractivity contribution in [3.05, 3.63) is 23.9 Å². The molecule has 2 heterocycles. The van der Waals surface area contributed by atoms with Gasteiger partial charge in [0.05, 0.1) is 19.3 Å². The Balaban J connectivity index is 1.81. The van der Waals surface area contributed by atoms with Crippen LogP contribution in [-0.4, -0.2) is 30.3 Å². The van der Waals surface area contributed by atoms with Crippen molar-refractivity contribution < 1.29 is 4.74 Å². The van der Waals surface area contributed by atoms with Crippen LogP contribution in [0.5, 0.6) is 0 Å². The highest BCUT2D eigenvalue weighted by molar-refractivity contribution is 5.36. The van der Waals surface area contributed by atoms with Crippen LogP contribution in [0.4, 0.5) is 5.82 Å². The van der Waals surface area contributed by atoms with Gasteiger partial charge in [-0.3, -0.25) is 0 Å². The van der Waals surface area contributed by atoms with E-state index in [1.165, 1.54) is 5.56 Å². The first-order chi connectivity index (χ1) is 7.74. The number of hydrogen-bond acceptors (Lipinski definition) is 4. The van der Waals surface area contributed by atoms with Gasteiger partial charge in [0.25, 0.3) is 0 Å². The van der Waals surface area contributed by atoms with Gasteiger partial charge in [0.2, 0.25) is 0 Å². The van der Waals surface area contributed by atoms with Gasteiger partial charge < -0.3 is 15.4 Å². The van der Waals surface area contributed by atoms with Crippen LogP contribution in [0.25, 0.3) is 0 Å². The van der Waals surface area contributed by atoms with Crippen molar-refractivity contribution in [1.82, 2.24) is 10.3 Å². The standard InChI is InChI=1S/C12H19N3O/c1-9(2)15-12-4-3-10(6-14-12)5-13-11-7-16-8-11/h3-4,6,9,11,13H,5,7-8H2,1-2H3,(H,14,15). The molecule has 88 valence electrons. The summed E-state index contributed by atoms with van der Waals surface area (Å²) in [6.45, 7) is 6.74. The molecule has 0 aliphatic carbocycles. The van der Waals surface area contributed by atoms with Crippen LogP contribution in [0.15, 0.2) is 18.3 Å². The predicted octanol–water partition coefficient (Wildman–Crippen LogP) is 1.39. The molecule has 16 heavy (non-hydrogen) atoms. The number of anilines is 1. The van der Waals surface area contributed by atoms with E-state index in [4.69, 9.17) is 4.74 Å². The Morgan fingerprint density at radius 1 is 1.44 bits per heavy atom. The van der Waals surface area contributed by atoms with E-state index in [-0.39, 0.29) is 0 Å².